The van der Waals surface area contributed by atoms with E-state index in [-0.39, 0.29) is 12.7 Å². The summed E-state index contributed by atoms with van der Waals surface area (Å²) in [6.07, 6.45) is 1.28. The fraction of sp³-hybridized carbons (Fsp3) is 0.316. The average Bonchev–Trinajstić information content (AvgIpc) is 3.15. The third kappa shape index (κ3) is 3.90. The van der Waals surface area contributed by atoms with Crippen LogP contribution in [0.1, 0.15) is 32.5 Å². The zero-order chi connectivity index (χ0) is 17.1. The van der Waals surface area contributed by atoms with Gasteiger partial charge in [0.25, 0.3) is 5.91 Å². The Bertz CT molecular complexity index is 758. The molecule has 1 fully saturated rings. The molecular weight excluding hydrogens is 354 g/mol. The topological polar surface area (TPSA) is 47.6 Å². The second-order valence-electron chi connectivity index (χ2n) is 5.92. The smallest absolute Gasteiger partial charge is 0.251 e. The summed E-state index contributed by atoms with van der Waals surface area (Å²) in [5.41, 5.74) is 2.97. The van der Waals surface area contributed by atoms with E-state index in [1.54, 1.807) is 0 Å². The molecule has 2 heterocycles. The molecule has 0 spiro atoms. The maximum Gasteiger partial charge on any atom is 0.251 e. The van der Waals surface area contributed by atoms with Gasteiger partial charge in [0.2, 0.25) is 6.79 Å². The van der Waals surface area contributed by atoms with Crippen LogP contribution in [0.25, 0.3) is 0 Å². The molecular formula is C19H19NO3S2. The SMILES string of the molecule is O=C(NCc1ccc2c(c1)OCO2)c1ccc(C2SCCCS2)cc1. The summed E-state index contributed by atoms with van der Waals surface area (Å²) in [7, 11) is 0. The number of carbonyl (C=O) groups excluding carboxylic acids is 1. The number of carbonyl (C=O) groups is 1. The highest BCUT2D eigenvalue weighted by molar-refractivity contribution is 8.16. The molecule has 0 bridgehead atoms. The molecule has 4 rings (SSSR count). The van der Waals surface area contributed by atoms with Crippen LogP contribution in [-0.4, -0.2) is 24.2 Å². The van der Waals surface area contributed by atoms with Crippen molar-refractivity contribution in [2.24, 2.45) is 0 Å². The summed E-state index contributed by atoms with van der Waals surface area (Å²) in [5, 5.41) is 2.96. The van der Waals surface area contributed by atoms with Gasteiger partial charge in [-0.15, -0.1) is 23.5 Å². The molecule has 25 heavy (non-hydrogen) atoms. The Hall–Kier alpha value is -1.79. The first-order chi connectivity index (χ1) is 12.3. The number of amides is 1. The minimum atomic E-state index is -0.0619. The average molecular weight is 373 g/mol. The number of nitrogens with one attached hydrogen (secondary N) is 1. The number of hydrogen-bond donors (Lipinski definition) is 1. The molecule has 0 aliphatic carbocycles. The van der Waals surface area contributed by atoms with E-state index in [0.29, 0.717) is 16.7 Å². The first-order valence-electron chi connectivity index (χ1n) is 8.29. The third-order valence-electron chi connectivity index (χ3n) is 4.16. The van der Waals surface area contributed by atoms with E-state index < -0.39 is 0 Å². The van der Waals surface area contributed by atoms with Crippen molar-refractivity contribution in [1.82, 2.24) is 5.32 Å². The lowest BCUT2D eigenvalue weighted by atomic mass is 10.1. The first-order valence-corrected chi connectivity index (χ1v) is 10.4. The molecule has 0 unspecified atom stereocenters. The molecule has 0 radical (unpaired) electrons. The van der Waals surface area contributed by atoms with Crippen LogP contribution in [0, 0.1) is 0 Å². The Morgan fingerprint density at radius 3 is 2.60 bits per heavy atom. The Kier molecular flexibility index (Phi) is 5.08. The van der Waals surface area contributed by atoms with Gasteiger partial charge in [0.05, 0.1) is 4.58 Å². The van der Waals surface area contributed by atoms with Crippen LogP contribution in [0.2, 0.25) is 0 Å². The van der Waals surface area contributed by atoms with E-state index in [1.807, 2.05) is 53.9 Å². The first kappa shape index (κ1) is 16.7. The molecule has 0 aromatic heterocycles. The van der Waals surface area contributed by atoms with Crippen LogP contribution < -0.4 is 14.8 Å². The summed E-state index contributed by atoms with van der Waals surface area (Å²) in [5.74, 6) is 3.86. The molecule has 4 nitrogen and oxygen atoms in total. The Morgan fingerprint density at radius 2 is 1.80 bits per heavy atom. The van der Waals surface area contributed by atoms with E-state index >= 15 is 0 Å². The number of thioether (sulfide) groups is 2. The Balaban J connectivity index is 1.36. The molecule has 2 aromatic carbocycles. The molecule has 2 aliphatic heterocycles. The molecule has 6 heteroatoms. The second kappa shape index (κ2) is 7.62. The van der Waals surface area contributed by atoms with Crippen LogP contribution >= 0.6 is 23.5 Å². The maximum atomic E-state index is 12.4. The summed E-state index contributed by atoms with van der Waals surface area (Å²) in [6.45, 7) is 0.723. The van der Waals surface area contributed by atoms with Gasteiger partial charge in [0.15, 0.2) is 11.5 Å². The monoisotopic (exact) mass is 373 g/mol. The van der Waals surface area contributed by atoms with E-state index in [2.05, 4.69) is 17.4 Å². The van der Waals surface area contributed by atoms with Crippen molar-refractivity contribution in [1.29, 1.82) is 0 Å². The van der Waals surface area contributed by atoms with Crippen molar-refractivity contribution in [2.45, 2.75) is 17.5 Å². The van der Waals surface area contributed by atoms with Crippen LogP contribution in [0.4, 0.5) is 0 Å². The maximum absolute atomic E-state index is 12.4. The highest BCUT2D eigenvalue weighted by Gasteiger charge is 2.17. The number of ether oxygens (including phenoxy) is 2. The lowest BCUT2D eigenvalue weighted by Crippen LogP contribution is -2.22. The Labute approximate surface area is 155 Å². The van der Waals surface area contributed by atoms with Gasteiger partial charge in [-0.2, -0.15) is 0 Å². The highest BCUT2D eigenvalue weighted by Crippen LogP contribution is 2.43. The largest absolute Gasteiger partial charge is 0.454 e. The van der Waals surface area contributed by atoms with Gasteiger partial charge in [0.1, 0.15) is 0 Å². The Morgan fingerprint density at radius 1 is 1.04 bits per heavy atom. The second-order valence-corrected chi connectivity index (χ2v) is 8.64. The molecule has 2 aromatic rings. The van der Waals surface area contributed by atoms with E-state index in [9.17, 15) is 4.79 Å². The lowest BCUT2D eigenvalue weighted by Gasteiger charge is -2.21. The molecule has 130 valence electrons. The predicted molar refractivity (Wildman–Crippen MR) is 102 cm³/mol. The fourth-order valence-electron chi connectivity index (χ4n) is 2.81. The van der Waals surface area contributed by atoms with Gasteiger partial charge in [-0.3, -0.25) is 4.79 Å². The summed E-state index contributed by atoms with van der Waals surface area (Å²) >= 11 is 3.98. The van der Waals surface area contributed by atoms with Gasteiger partial charge in [-0.05, 0) is 53.3 Å². The van der Waals surface area contributed by atoms with Crippen LogP contribution in [0.15, 0.2) is 42.5 Å². The van der Waals surface area contributed by atoms with Gasteiger partial charge >= 0.3 is 0 Å². The molecule has 0 atom stereocenters. The lowest BCUT2D eigenvalue weighted by molar-refractivity contribution is 0.0951. The van der Waals surface area contributed by atoms with Gasteiger partial charge in [-0.1, -0.05) is 18.2 Å². The molecule has 1 saturated heterocycles. The molecule has 1 N–H and O–H groups in total. The number of benzene rings is 2. The number of fused-ring (bicyclic) bond motifs is 1. The molecule has 2 aliphatic rings. The quantitative estimate of drug-likeness (QED) is 0.870. The van der Waals surface area contributed by atoms with Crippen molar-refractivity contribution in [3.05, 3.63) is 59.2 Å². The van der Waals surface area contributed by atoms with Crippen LogP contribution in [0.3, 0.4) is 0 Å². The summed E-state index contributed by atoms with van der Waals surface area (Å²) in [6, 6.07) is 13.7. The summed E-state index contributed by atoms with van der Waals surface area (Å²) in [4.78, 5) is 12.4. The third-order valence-corrected chi connectivity index (χ3v) is 7.18. The van der Waals surface area contributed by atoms with Crippen molar-refractivity contribution in [3.63, 3.8) is 0 Å². The van der Waals surface area contributed by atoms with E-state index in [0.717, 1.165) is 17.1 Å². The van der Waals surface area contributed by atoms with Crippen LogP contribution in [0.5, 0.6) is 11.5 Å². The van der Waals surface area contributed by atoms with Crippen molar-refractivity contribution in [2.75, 3.05) is 18.3 Å². The molecule has 1 amide bonds. The van der Waals surface area contributed by atoms with Crippen molar-refractivity contribution in [3.8, 4) is 11.5 Å². The van der Waals surface area contributed by atoms with Crippen molar-refractivity contribution >= 4 is 29.4 Å². The van der Waals surface area contributed by atoms with Gasteiger partial charge in [0, 0.05) is 12.1 Å². The highest BCUT2D eigenvalue weighted by atomic mass is 32.2. The zero-order valence-corrected chi connectivity index (χ0v) is 15.3. The van der Waals surface area contributed by atoms with E-state index in [4.69, 9.17) is 9.47 Å². The normalized spacial score (nSPS) is 16.6. The standard InChI is InChI=1S/C19H19NO3S2/c21-18(20-11-13-2-7-16-17(10-13)23-12-22-16)14-3-5-15(6-4-14)19-24-8-1-9-25-19/h2-7,10,19H,1,8-9,11-12H2,(H,20,21). The van der Waals surface area contributed by atoms with Crippen LogP contribution in [-0.2, 0) is 6.54 Å². The van der Waals surface area contributed by atoms with E-state index in [1.165, 1.54) is 23.5 Å². The number of rotatable bonds is 4. The minimum absolute atomic E-state index is 0.0619. The van der Waals surface area contributed by atoms with Crippen molar-refractivity contribution < 1.29 is 14.3 Å². The van der Waals surface area contributed by atoms with Gasteiger partial charge in [-0.25, -0.2) is 0 Å². The fourth-order valence-corrected chi connectivity index (χ4v) is 5.70. The number of hydrogen-bond acceptors (Lipinski definition) is 5. The zero-order valence-electron chi connectivity index (χ0n) is 13.7. The molecule has 0 saturated carbocycles. The predicted octanol–water partition coefficient (Wildman–Crippen LogP) is 4.21. The minimum Gasteiger partial charge on any atom is -0.454 e. The summed E-state index contributed by atoms with van der Waals surface area (Å²) < 4.78 is 11.2. The van der Waals surface area contributed by atoms with Gasteiger partial charge < -0.3 is 14.8 Å².